The quantitative estimate of drug-likeness (QED) is 0.722. The van der Waals surface area contributed by atoms with Gasteiger partial charge in [0.1, 0.15) is 5.60 Å². The lowest BCUT2D eigenvalue weighted by atomic mass is 9.86. The molecule has 3 rings (SSSR count). The Morgan fingerprint density at radius 1 is 1.00 bits per heavy atom. The number of anilines is 1. The lowest BCUT2D eigenvalue weighted by Crippen LogP contribution is -2.23. The number of hydrogen-bond acceptors (Lipinski definition) is 2. The van der Waals surface area contributed by atoms with E-state index in [1.807, 2.05) is 49.4 Å². The summed E-state index contributed by atoms with van der Waals surface area (Å²) in [7, 11) is 0. The van der Waals surface area contributed by atoms with Gasteiger partial charge in [-0.3, -0.25) is 0 Å². The van der Waals surface area contributed by atoms with Crippen molar-refractivity contribution in [3.63, 3.8) is 0 Å². The molecule has 2 aromatic carbocycles. The van der Waals surface area contributed by atoms with Crippen LogP contribution in [0.1, 0.15) is 23.6 Å². The van der Waals surface area contributed by atoms with Gasteiger partial charge in [-0.1, -0.05) is 42.5 Å². The van der Waals surface area contributed by atoms with Crippen LogP contribution in [-0.4, -0.2) is 5.11 Å². The summed E-state index contributed by atoms with van der Waals surface area (Å²) in [6.07, 6.45) is 0. The lowest BCUT2D eigenvalue weighted by Gasteiger charge is -2.25. The first-order chi connectivity index (χ1) is 8.19. The van der Waals surface area contributed by atoms with E-state index in [1.165, 1.54) is 0 Å². The van der Waals surface area contributed by atoms with Crippen molar-refractivity contribution < 1.29 is 5.11 Å². The molecule has 0 saturated carbocycles. The minimum Gasteiger partial charge on any atom is -0.381 e. The number of rotatable bonds is 0. The molecule has 2 heteroatoms. The van der Waals surface area contributed by atoms with Crippen molar-refractivity contribution in [2.45, 2.75) is 19.1 Å². The third kappa shape index (κ3) is 1.53. The van der Waals surface area contributed by atoms with Gasteiger partial charge in [0.25, 0.3) is 0 Å². The van der Waals surface area contributed by atoms with Crippen LogP contribution in [0.5, 0.6) is 0 Å². The molecule has 0 fully saturated rings. The highest BCUT2D eigenvalue weighted by molar-refractivity contribution is 5.60. The number of aliphatic hydroxyl groups is 1. The summed E-state index contributed by atoms with van der Waals surface area (Å²) in [5.74, 6) is 0. The molecule has 2 nitrogen and oxygen atoms in total. The molecule has 0 amide bonds. The Morgan fingerprint density at radius 2 is 1.65 bits per heavy atom. The molecule has 0 aliphatic carbocycles. The van der Waals surface area contributed by atoms with Crippen molar-refractivity contribution in [2.24, 2.45) is 0 Å². The van der Waals surface area contributed by atoms with Gasteiger partial charge in [0.05, 0.1) is 0 Å². The Hall–Kier alpha value is -1.80. The topological polar surface area (TPSA) is 32.3 Å². The molecule has 0 spiro atoms. The molecule has 1 aliphatic rings. The van der Waals surface area contributed by atoms with Crippen LogP contribution in [0.4, 0.5) is 5.69 Å². The van der Waals surface area contributed by atoms with Crippen LogP contribution in [0.15, 0.2) is 48.5 Å². The fourth-order valence-corrected chi connectivity index (χ4v) is 2.55. The number of nitrogens with one attached hydrogen (secondary N) is 1. The zero-order chi connectivity index (χ0) is 11.9. The normalized spacial score (nSPS) is 22.0. The summed E-state index contributed by atoms with van der Waals surface area (Å²) in [5, 5.41) is 14.2. The summed E-state index contributed by atoms with van der Waals surface area (Å²) >= 11 is 0. The second-order valence-electron chi connectivity index (χ2n) is 4.63. The van der Waals surface area contributed by atoms with Gasteiger partial charge in [-0.05, 0) is 24.1 Å². The van der Waals surface area contributed by atoms with E-state index >= 15 is 0 Å². The maximum absolute atomic E-state index is 10.8. The Morgan fingerprint density at radius 3 is 2.47 bits per heavy atom. The number of para-hydroxylation sites is 1. The van der Waals surface area contributed by atoms with Crippen LogP contribution < -0.4 is 5.32 Å². The minimum absolute atomic E-state index is 0.753. The molecule has 0 radical (unpaired) electrons. The van der Waals surface area contributed by atoms with Gasteiger partial charge in [-0.25, -0.2) is 0 Å². The molecule has 0 bridgehead atoms. The van der Waals surface area contributed by atoms with Gasteiger partial charge in [-0.15, -0.1) is 0 Å². The molecule has 0 aromatic heterocycles. The molecule has 2 aromatic rings. The lowest BCUT2D eigenvalue weighted by molar-refractivity contribution is 0.103. The molecule has 17 heavy (non-hydrogen) atoms. The largest absolute Gasteiger partial charge is 0.381 e. The van der Waals surface area contributed by atoms with Gasteiger partial charge in [0.15, 0.2) is 0 Å². The van der Waals surface area contributed by atoms with Crippen LogP contribution in [0.2, 0.25) is 0 Å². The zero-order valence-corrected chi connectivity index (χ0v) is 9.77. The molecule has 2 N–H and O–H groups in total. The summed E-state index contributed by atoms with van der Waals surface area (Å²) in [6.45, 7) is 2.61. The molecule has 1 unspecified atom stereocenters. The van der Waals surface area contributed by atoms with Crippen LogP contribution in [0.3, 0.4) is 0 Å². The van der Waals surface area contributed by atoms with E-state index in [0.29, 0.717) is 0 Å². The summed E-state index contributed by atoms with van der Waals surface area (Å²) in [5.41, 5.74) is 3.14. The van der Waals surface area contributed by atoms with E-state index in [0.717, 1.165) is 28.9 Å². The van der Waals surface area contributed by atoms with Crippen molar-refractivity contribution in [1.29, 1.82) is 0 Å². The fraction of sp³-hybridized carbons (Fsp3) is 0.200. The minimum atomic E-state index is -0.934. The summed E-state index contributed by atoms with van der Waals surface area (Å²) < 4.78 is 0. The standard InChI is InChI=1S/C15H15NO/c1-15(17)12-7-3-2-6-11(12)10-16-14-9-5-4-8-13(14)15/h2-9,16-17H,10H2,1H3. The molecule has 1 atom stereocenters. The number of hydrogen-bond donors (Lipinski definition) is 2. The smallest absolute Gasteiger partial charge is 0.114 e. The second-order valence-corrected chi connectivity index (χ2v) is 4.63. The van der Waals surface area contributed by atoms with Gasteiger partial charge in [0, 0.05) is 17.8 Å². The average molecular weight is 225 g/mol. The SMILES string of the molecule is CC1(O)c2ccccc2CNc2ccccc21. The Bertz CT molecular complexity index is 511. The molecule has 0 saturated heterocycles. The highest BCUT2D eigenvalue weighted by atomic mass is 16.3. The first-order valence-corrected chi connectivity index (χ1v) is 5.84. The fourth-order valence-electron chi connectivity index (χ4n) is 2.55. The first-order valence-electron chi connectivity index (χ1n) is 5.84. The zero-order valence-electron chi connectivity index (χ0n) is 9.77. The van der Waals surface area contributed by atoms with Crippen LogP contribution in [0, 0.1) is 0 Å². The Labute approximate surface area is 101 Å². The molecular formula is C15H15NO. The average Bonchev–Trinajstić information content (AvgIpc) is 2.47. The molecule has 1 aliphatic heterocycles. The third-order valence-corrected chi connectivity index (χ3v) is 3.46. The second kappa shape index (κ2) is 3.60. The summed E-state index contributed by atoms with van der Waals surface area (Å²) in [6, 6.07) is 16.0. The van der Waals surface area contributed by atoms with Crippen molar-refractivity contribution in [3.05, 3.63) is 65.2 Å². The Kier molecular flexibility index (Phi) is 2.20. The van der Waals surface area contributed by atoms with E-state index in [9.17, 15) is 5.11 Å². The van der Waals surface area contributed by atoms with Gasteiger partial charge in [-0.2, -0.15) is 0 Å². The van der Waals surface area contributed by atoms with E-state index in [4.69, 9.17) is 0 Å². The molecule has 1 heterocycles. The maximum atomic E-state index is 10.8. The summed E-state index contributed by atoms with van der Waals surface area (Å²) in [4.78, 5) is 0. The van der Waals surface area contributed by atoms with Crippen molar-refractivity contribution >= 4 is 5.69 Å². The van der Waals surface area contributed by atoms with E-state index in [1.54, 1.807) is 0 Å². The highest BCUT2D eigenvalue weighted by Crippen LogP contribution is 2.38. The Balaban J connectivity index is 2.27. The van der Waals surface area contributed by atoms with Crippen molar-refractivity contribution in [3.8, 4) is 0 Å². The van der Waals surface area contributed by atoms with Crippen LogP contribution in [0.25, 0.3) is 0 Å². The van der Waals surface area contributed by atoms with Gasteiger partial charge >= 0.3 is 0 Å². The van der Waals surface area contributed by atoms with E-state index in [2.05, 4.69) is 11.4 Å². The third-order valence-electron chi connectivity index (χ3n) is 3.46. The van der Waals surface area contributed by atoms with Crippen molar-refractivity contribution in [2.75, 3.05) is 5.32 Å². The predicted molar refractivity (Wildman–Crippen MR) is 68.9 cm³/mol. The van der Waals surface area contributed by atoms with Gasteiger partial charge < -0.3 is 10.4 Å². The highest BCUT2D eigenvalue weighted by Gasteiger charge is 2.32. The maximum Gasteiger partial charge on any atom is 0.114 e. The van der Waals surface area contributed by atoms with E-state index < -0.39 is 5.60 Å². The molecule has 86 valence electrons. The monoisotopic (exact) mass is 225 g/mol. The molecular weight excluding hydrogens is 210 g/mol. The first kappa shape index (κ1) is 10.4. The van der Waals surface area contributed by atoms with Crippen LogP contribution in [-0.2, 0) is 12.1 Å². The van der Waals surface area contributed by atoms with Crippen molar-refractivity contribution in [1.82, 2.24) is 0 Å². The van der Waals surface area contributed by atoms with Crippen LogP contribution >= 0.6 is 0 Å². The predicted octanol–water partition coefficient (Wildman–Crippen LogP) is 2.87. The number of benzene rings is 2. The van der Waals surface area contributed by atoms with Gasteiger partial charge in [0.2, 0.25) is 0 Å². The number of fused-ring (bicyclic) bond motifs is 2. The van der Waals surface area contributed by atoms with E-state index in [-0.39, 0.29) is 0 Å².